The average Bonchev–Trinajstić information content (AvgIpc) is 3.16. The van der Waals surface area contributed by atoms with Crippen LogP contribution in [-0.4, -0.2) is 45.5 Å². The van der Waals surface area contributed by atoms with Gasteiger partial charge in [-0.05, 0) is 35.2 Å². The third-order valence-electron chi connectivity index (χ3n) is 6.18. The molecule has 0 atom stereocenters. The van der Waals surface area contributed by atoms with Gasteiger partial charge >= 0.3 is 0 Å². The van der Waals surface area contributed by atoms with Gasteiger partial charge in [0.15, 0.2) is 0 Å². The minimum absolute atomic E-state index is 0.0851. The molecule has 1 aliphatic rings. The average molecular weight is 437 g/mol. The quantitative estimate of drug-likeness (QED) is 0.580. The molecule has 1 aliphatic heterocycles. The summed E-state index contributed by atoms with van der Waals surface area (Å²) >= 11 is 0. The number of nitrogens with zero attached hydrogens (tertiary/aromatic N) is 1. The Balaban J connectivity index is 1.79. The highest BCUT2D eigenvalue weighted by Gasteiger charge is 2.39. The summed E-state index contributed by atoms with van der Waals surface area (Å²) in [6.07, 6.45) is 3.19. The molecule has 0 spiro atoms. The van der Waals surface area contributed by atoms with E-state index in [1.165, 1.54) is 6.26 Å². The number of aromatic nitrogens is 1. The second-order valence-electron chi connectivity index (χ2n) is 9.40. The zero-order valence-corrected chi connectivity index (χ0v) is 18.4. The van der Waals surface area contributed by atoms with Crippen molar-refractivity contribution in [1.29, 1.82) is 0 Å². The third-order valence-corrected chi connectivity index (χ3v) is 6.18. The fourth-order valence-corrected chi connectivity index (χ4v) is 4.16. The first-order chi connectivity index (χ1) is 15.0. The number of H-pyrrole nitrogens is 1. The number of aliphatic hydroxyl groups is 1. The van der Waals surface area contributed by atoms with Crippen molar-refractivity contribution in [3.05, 3.63) is 58.2 Å². The molecule has 0 bridgehead atoms. The molecular formula is C24H27N3O5. The number of primary amides is 1. The molecule has 1 fully saturated rings. The van der Waals surface area contributed by atoms with Crippen LogP contribution in [-0.2, 0) is 10.2 Å². The summed E-state index contributed by atoms with van der Waals surface area (Å²) < 4.78 is 5.86. The van der Waals surface area contributed by atoms with Crippen molar-refractivity contribution in [2.75, 3.05) is 13.1 Å². The SMILES string of the molecule is CC(C)(C)c1cc(-c2ccc[nH]c2=O)cc2c(C(=O)N3CCC(O)(C(N)=O)CC3)coc12. The zero-order valence-electron chi connectivity index (χ0n) is 18.4. The highest BCUT2D eigenvalue weighted by molar-refractivity contribution is 6.07. The molecule has 4 N–H and O–H groups in total. The highest BCUT2D eigenvalue weighted by atomic mass is 16.3. The molecule has 0 aliphatic carbocycles. The van der Waals surface area contributed by atoms with E-state index in [9.17, 15) is 19.5 Å². The Bertz CT molecular complexity index is 1260. The molecule has 4 rings (SSSR count). The van der Waals surface area contributed by atoms with Gasteiger partial charge in [-0.15, -0.1) is 0 Å². The van der Waals surface area contributed by atoms with Crippen molar-refractivity contribution in [3.8, 4) is 11.1 Å². The first-order valence-corrected chi connectivity index (χ1v) is 10.6. The van der Waals surface area contributed by atoms with E-state index in [0.717, 1.165) is 5.56 Å². The van der Waals surface area contributed by atoms with E-state index in [0.29, 0.717) is 27.7 Å². The van der Waals surface area contributed by atoms with Crippen molar-refractivity contribution >= 4 is 22.8 Å². The van der Waals surface area contributed by atoms with Crippen LogP contribution in [0.5, 0.6) is 0 Å². The van der Waals surface area contributed by atoms with Gasteiger partial charge in [-0.3, -0.25) is 14.4 Å². The Morgan fingerprint density at radius 2 is 1.91 bits per heavy atom. The summed E-state index contributed by atoms with van der Waals surface area (Å²) in [5.74, 6) is -1.03. The van der Waals surface area contributed by atoms with Crippen LogP contribution in [0.25, 0.3) is 22.1 Å². The summed E-state index contributed by atoms with van der Waals surface area (Å²) in [4.78, 5) is 41.5. The molecule has 2 aromatic heterocycles. The lowest BCUT2D eigenvalue weighted by molar-refractivity contribution is -0.140. The predicted molar refractivity (Wildman–Crippen MR) is 120 cm³/mol. The Morgan fingerprint density at radius 1 is 1.22 bits per heavy atom. The summed E-state index contributed by atoms with van der Waals surface area (Å²) in [6.45, 7) is 6.53. The number of benzene rings is 1. The van der Waals surface area contributed by atoms with Crippen LogP contribution >= 0.6 is 0 Å². The lowest BCUT2D eigenvalue weighted by Gasteiger charge is -2.35. The van der Waals surface area contributed by atoms with Gasteiger partial charge in [0.25, 0.3) is 11.5 Å². The number of hydrogen-bond donors (Lipinski definition) is 3. The fraction of sp³-hybridized carbons (Fsp3) is 0.375. The number of nitrogens with one attached hydrogen (secondary N) is 1. The van der Waals surface area contributed by atoms with E-state index in [-0.39, 0.29) is 42.8 Å². The van der Waals surface area contributed by atoms with E-state index in [2.05, 4.69) is 4.98 Å². The van der Waals surface area contributed by atoms with Crippen molar-refractivity contribution in [2.45, 2.75) is 44.6 Å². The Morgan fingerprint density at radius 3 is 2.50 bits per heavy atom. The molecule has 3 aromatic rings. The second kappa shape index (κ2) is 7.63. The first kappa shape index (κ1) is 21.8. The smallest absolute Gasteiger partial charge is 0.257 e. The van der Waals surface area contributed by atoms with E-state index >= 15 is 0 Å². The molecule has 1 saturated heterocycles. The lowest BCUT2D eigenvalue weighted by Crippen LogP contribution is -2.53. The Hall–Kier alpha value is -3.39. The second-order valence-corrected chi connectivity index (χ2v) is 9.40. The fourth-order valence-electron chi connectivity index (χ4n) is 4.16. The van der Waals surface area contributed by atoms with Gasteiger partial charge in [-0.2, -0.15) is 0 Å². The molecule has 32 heavy (non-hydrogen) atoms. The Kier molecular flexibility index (Phi) is 5.21. The number of likely N-dealkylation sites (tertiary alicyclic amines) is 1. The zero-order chi connectivity index (χ0) is 23.3. The molecule has 8 heteroatoms. The topological polar surface area (TPSA) is 130 Å². The summed E-state index contributed by atoms with van der Waals surface area (Å²) in [7, 11) is 0. The normalized spacial score (nSPS) is 16.3. The molecule has 8 nitrogen and oxygen atoms in total. The van der Waals surface area contributed by atoms with Gasteiger partial charge in [0.05, 0.1) is 5.56 Å². The number of rotatable bonds is 3. The summed E-state index contributed by atoms with van der Waals surface area (Å²) in [5.41, 5.74) is 6.26. The highest BCUT2D eigenvalue weighted by Crippen LogP contribution is 2.37. The number of carbonyl (C=O) groups excluding carboxylic acids is 2. The van der Waals surface area contributed by atoms with Crippen LogP contribution in [0.4, 0.5) is 0 Å². The van der Waals surface area contributed by atoms with Crippen molar-refractivity contribution < 1.29 is 19.1 Å². The molecule has 0 radical (unpaired) electrons. The maximum atomic E-state index is 13.3. The van der Waals surface area contributed by atoms with Crippen LogP contribution in [0.1, 0.15) is 49.5 Å². The lowest BCUT2D eigenvalue weighted by atomic mass is 9.84. The van der Waals surface area contributed by atoms with Crippen LogP contribution in [0.2, 0.25) is 0 Å². The van der Waals surface area contributed by atoms with E-state index in [4.69, 9.17) is 10.2 Å². The Labute approximate surface area is 185 Å². The molecule has 0 saturated carbocycles. The molecule has 1 aromatic carbocycles. The molecule has 0 unspecified atom stereocenters. The number of piperidine rings is 1. The number of hydrogen-bond acceptors (Lipinski definition) is 5. The van der Waals surface area contributed by atoms with Gasteiger partial charge in [-0.25, -0.2) is 0 Å². The van der Waals surface area contributed by atoms with Gasteiger partial charge in [0.2, 0.25) is 5.91 Å². The van der Waals surface area contributed by atoms with E-state index in [1.54, 1.807) is 29.3 Å². The number of amides is 2. The van der Waals surface area contributed by atoms with E-state index < -0.39 is 11.5 Å². The van der Waals surface area contributed by atoms with Gasteiger partial charge in [0, 0.05) is 48.6 Å². The van der Waals surface area contributed by atoms with Gasteiger partial charge in [0.1, 0.15) is 17.4 Å². The predicted octanol–water partition coefficient (Wildman–Crippen LogP) is 2.54. The number of fused-ring (bicyclic) bond motifs is 1. The number of furan rings is 1. The number of nitrogens with two attached hydrogens (primary N) is 1. The standard InChI is InChI=1S/C24H27N3O5/c1-23(2,3)18-12-14(15-5-4-8-26-20(15)28)11-16-17(13-32-19(16)18)21(29)27-9-6-24(31,7-10-27)22(25)30/h4-5,8,11-13,31H,6-7,9-10H2,1-3H3,(H2,25,30)(H,26,28). The third kappa shape index (κ3) is 3.71. The molecule has 168 valence electrons. The van der Waals surface area contributed by atoms with Crippen molar-refractivity contribution in [1.82, 2.24) is 9.88 Å². The van der Waals surface area contributed by atoms with Gasteiger partial charge < -0.3 is 25.1 Å². The van der Waals surface area contributed by atoms with Crippen molar-refractivity contribution in [2.24, 2.45) is 5.73 Å². The van der Waals surface area contributed by atoms with Gasteiger partial charge in [-0.1, -0.05) is 20.8 Å². The van der Waals surface area contributed by atoms with Crippen LogP contribution in [0.15, 0.2) is 45.9 Å². The number of aromatic amines is 1. The monoisotopic (exact) mass is 437 g/mol. The maximum Gasteiger partial charge on any atom is 0.257 e. The summed E-state index contributed by atoms with van der Waals surface area (Å²) in [5, 5.41) is 10.9. The number of pyridine rings is 1. The summed E-state index contributed by atoms with van der Waals surface area (Å²) in [6, 6.07) is 7.23. The van der Waals surface area contributed by atoms with Crippen LogP contribution in [0, 0.1) is 0 Å². The molecular weight excluding hydrogens is 410 g/mol. The maximum absolute atomic E-state index is 13.3. The van der Waals surface area contributed by atoms with Crippen molar-refractivity contribution in [3.63, 3.8) is 0 Å². The first-order valence-electron chi connectivity index (χ1n) is 10.6. The number of carbonyl (C=O) groups is 2. The largest absolute Gasteiger partial charge is 0.463 e. The van der Waals surface area contributed by atoms with E-state index in [1.807, 2.05) is 26.8 Å². The molecule has 2 amide bonds. The minimum Gasteiger partial charge on any atom is -0.463 e. The molecule has 3 heterocycles. The van der Waals surface area contributed by atoms with Crippen LogP contribution < -0.4 is 11.3 Å². The minimum atomic E-state index is -1.59. The van der Waals surface area contributed by atoms with Crippen LogP contribution in [0.3, 0.4) is 0 Å².